The fourth-order valence-corrected chi connectivity index (χ4v) is 4.02. The molecular weight excluding hydrogens is 410 g/mol. The number of nitrogens with one attached hydrogen (secondary N) is 3. The molecule has 0 spiro atoms. The lowest BCUT2D eigenvalue weighted by atomic mass is 9.90. The zero-order valence-corrected chi connectivity index (χ0v) is 16.9. The number of hydrogen-bond donors (Lipinski definition) is 3. The minimum Gasteiger partial charge on any atom is -0.368 e. The normalized spacial score (nSPS) is 21.3. The third-order valence-electron chi connectivity index (χ3n) is 5.66. The first-order valence-corrected chi connectivity index (χ1v) is 9.91. The molecule has 3 heterocycles. The highest BCUT2D eigenvalue weighted by atomic mass is 19.1. The van der Waals surface area contributed by atoms with Gasteiger partial charge in [0.1, 0.15) is 17.5 Å². The summed E-state index contributed by atoms with van der Waals surface area (Å²) in [6.07, 6.45) is 1.57. The second kappa shape index (κ2) is 7.97. The Morgan fingerprint density at radius 3 is 2.35 bits per heavy atom. The number of H-pyrrole nitrogens is 1. The molecule has 1 atom stereocenters. The Balaban J connectivity index is 1.39. The minimum atomic E-state index is -1.38. The van der Waals surface area contributed by atoms with Crippen molar-refractivity contribution in [2.75, 3.05) is 31.1 Å². The van der Waals surface area contributed by atoms with Gasteiger partial charge >= 0.3 is 6.03 Å². The molecule has 2 aliphatic heterocycles. The van der Waals surface area contributed by atoms with E-state index in [-0.39, 0.29) is 18.7 Å². The van der Waals surface area contributed by atoms with E-state index in [2.05, 4.69) is 20.6 Å². The number of nitrogens with zero attached hydrogens (tertiary/aromatic N) is 3. The van der Waals surface area contributed by atoms with Gasteiger partial charge in [-0.3, -0.25) is 14.9 Å². The van der Waals surface area contributed by atoms with Crippen molar-refractivity contribution in [1.82, 2.24) is 25.5 Å². The summed E-state index contributed by atoms with van der Waals surface area (Å²) in [5, 5.41) is 4.85. The standard InChI is InChI=1S/C20H22F2N6O3/c1-12-23-11-16(24-12)20(18(30)25-19(31)26-20)3-2-17(29)28-6-4-27(5-7-28)15-9-13(21)8-14(22)10-15/h8-11H,2-7H2,1H3,(H,23,24)(H2,25,26,30,31). The molecule has 1 aromatic carbocycles. The number of imide groups is 1. The molecule has 4 rings (SSSR count). The van der Waals surface area contributed by atoms with Crippen molar-refractivity contribution in [3.8, 4) is 0 Å². The summed E-state index contributed by atoms with van der Waals surface area (Å²) in [4.78, 5) is 47.6. The summed E-state index contributed by atoms with van der Waals surface area (Å²) in [7, 11) is 0. The van der Waals surface area contributed by atoms with Crippen LogP contribution in [0.5, 0.6) is 0 Å². The Labute approximate surface area is 176 Å². The predicted octanol–water partition coefficient (Wildman–Crippen LogP) is 1.16. The van der Waals surface area contributed by atoms with Crippen LogP contribution in [0.3, 0.4) is 0 Å². The van der Waals surface area contributed by atoms with E-state index in [9.17, 15) is 23.2 Å². The predicted molar refractivity (Wildman–Crippen MR) is 106 cm³/mol. The summed E-state index contributed by atoms with van der Waals surface area (Å²) in [6.45, 7) is 3.34. The molecule has 4 amide bonds. The van der Waals surface area contributed by atoms with Crippen LogP contribution < -0.4 is 15.5 Å². The van der Waals surface area contributed by atoms with Crippen molar-refractivity contribution in [3.05, 3.63) is 47.5 Å². The van der Waals surface area contributed by atoms with Gasteiger partial charge in [-0.15, -0.1) is 0 Å². The Bertz CT molecular complexity index is 1010. The maximum atomic E-state index is 13.5. The highest BCUT2D eigenvalue weighted by molar-refractivity contribution is 6.07. The molecule has 0 bridgehead atoms. The van der Waals surface area contributed by atoms with Crippen LogP contribution in [-0.2, 0) is 15.1 Å². The highest BCUT2D eigenvalue weighted by Gasteiger charge is 2.49. The van der Waals surface area contributed by atoms with Gasteiger partial charge in [0.25, 0.3) is 5.91 Å². The molecule has 2 aliphatic rings. The third kappa shape index (κ3) is 4.07. The number of carbonyl (C=O) groups is 3. The van der Waals surface area contributed by atoms with Gasteiger partial charge in [-0.05, 0) is 25.5 Å². The lowest BCUT2D eigenvalue weighted by Gasteiger charge is -2.36. The highest BCUT2D eigenvalue weighted by Crippen LogP contribution is 2.29. The molecule has 3 N–H and O–H groups in total. The number of carbonyl (C=O) groups excluding carboxylic acids is 3. The summed E-state index contributed by atoms with van der Waals surface area (Å²) in [5.41, 5.74) is -0.530. The average molecular weight is 432 g/mol. The second-order valence-electron chi connectivity index (χ2n) is 7.69. The quantitative estimate of drug-likeness (QED) is 0.615. The molecule has 1 aromatic heterocycles. The number of rotatable bonds is 5. The van der Waals surface area contributed by atoms with E-state index in [4.69, 9.17) is 0 Å². The molecule has 0 radical (unpaired) electrons. The molecule has 0 aliphatic carbocycles. The van der Waals surface area contributed by atoms with Crippen molar-refractivity contribution in [1.29, 1.82) is 0 Å². The first kappa shape index (κ1) is 20.8. The van der Waals surface area contributed by atoms with Crippen molar-refractivity contribution >= 4 is 23.5 Å². The summed E-state index contributed by atoms with van der Waals surface area (Å²) in [6, 6.07) is 2.72. The molecule has 164 valence electrons. The number of imidazole rings is 1. The lowest BCUT2D eigenvalue weighted by molar-refractivity contribution is -0.132. The minimum absolute atomic E-state index is 0.0281. The largest absolute Gasteiger partial charge is 0.368 e. The molecule has 2 fully saturated rings. The topological polar surface area (TPSA) is 110 Å². The molecule has 0 saturated carbocycles. The number of aryl methyl sites for hydroxylation is 1. The summed E-state index contributed by atoms with van der Waals surface area (Å²) < 4.78 is 26.9. The van der Waals surface area contributed by atoms with Gasteiger partial charge in [0.15, 0.2) is 5.54 Å². The Kier molecular flexibility index (Phi) is 5.34. The van der Waals surface area contributed by atoms with Crippen molar-refractivity contribution in [3.63, 3.8) is 0 Å². The van der Waals surface area contributed by atoms with Gasteiger partial charge in [0.05, 0.1) is 11.9 Å². The summed E-state index contributed by atoms with van der Waals surface area (Å²) >= 11 is 0. The van der Waals surface area contributed by atoms with Crippen LogP contribution in [-0.4, -0.2) is 58.9 Å². The first-order valence-electron chi connectivity index (χ1n) is 9.91. The number of hydrogen-bond acceptors (Lipinski definition) is 5. The molecule has 9 nitrogen and oxygen atoms in total. The van der Waals surface area contributed by atoms with Crippen molar-refractivity contribution < 1.29 is 23.2 Å². The number of amides is 4. The Hall–Kier alpha value is -3.50. The SMILES string of the molecule is Cc1ncc(C2(CCC(=O)N3CCN(c4cc(F)cc(F)c4)CC3)NC(=O)NC2=O)[nH]1. The monoisotopic (exact) mass is 432 g/mol. The molecule has 31 heavy (non-hydrogen) atoms. The average Bonchev–Trinajstić information content (AvgIpc) is 3.28. The number of benzene rings is 1. The van der Waals surface area contributed by atoms with Gasteiger partial charge < -0.3 is 20.1 Å². The number of anilines is 1. The number of urea groups is 1. The van der Waals surface area contributed by atoms with Crippen LogP contribution in [0, 0.1) is 18.6 Å². The van der Waals surface area contributed by atoms with Gasteiger partial charge in [-0.2, -0.15) is 0 Å². The smallest absolute Gasteiger partial charge is 0.322 e. The van der Waals surface area contributed by atoms with E-state index in [1.54, 1.807) is 11.8 Å². The van der Waals surface area contributed by atoms with Gasteiger partial charge in [0, 0.05) is 44.4 Å². The van der Waals surface area contributed by atoms with E-state index in [0.29, 0.717) is 43.4 Å². The zero-order chi connectivity index (χ0) is 22.2. The lowest BCUT2D eigenvalue weighted by Crippen LogP contribution is -2.50. The van der Waals surface area contributed by atoms with E-state index in [1.807, 2.05) is 4.90 Å². The van der Waals surface area contributed by atoms with E-state index >= 15 is 0 Å². The fourth-order valence-electron chi connectivity index (χ4n) is 4.02. The van der Waals surface area contributed by atoms with E-state index < -0.39 is 29.1 Å². The van der Waals surface area contributed by atoms with Crippen LogP contribution in [0.15, 0.2) is 24.4 Å². The van der Waals surface area contributed by atoms with Gasteiger partial charge in [0.2, 0.25) is 5.91 Å². The van der Waals surface area contributed by atoms with E-state index in [1.165, 1.54) is 18.3 Å². The molecular formula is C20H22F2N6O3. The number of aromatic nitrogens is 2. The molecule has 1 unspecified atom stereocenters. The third-order valence-corrected chi connectivity index (χ3v) is 5.66. The fraction of sp³-hybridized carbons (Fsp3) is 0.400. The molecule has 11 heteroatoms. The zero-order valence-electron chi connectivity index (χ0n) is 16.9. The Morgan fingerprint density at radius 2 is 1.81 bits per heavy atom. The molecule has 2 saturated heterocycles. The van der Waals surface area contributed by atoms with Crippen molar-refractivity contribution in [2.24, 2.45) is 0 Å². The number of aromatic amines is 1. The van der Waals surface area contributed by atoms with Gasteiger partial charge in [-0.25, -0.2) is 18.6 Å². The maximum absolute atomic E-state index is 13.5. The molecule has 2 aromatic rings. The van der Waals surface area contributed by atoms with E-state index in [0.717, 1.165) is 6.07 Å². The van der Waals surface area contributed by atoms with Crippen LogP contribution >= 0.6 is 0 Å². The van der Waals surface area contributed by atoms with Crippen LogP contribution in [0.25, 0.3) is 0 Å². The Morgan fingerprint density at radius 1 is 1.13 bits per heavy atom. The second-order valence-corrected chi connectivity index (χ2v) is 7.69. The van der Waals surface area contributed by atoms with Crippen LogP contribution in [0.2, 0.25) is 0 Å². The summed E-state index contributed by atoms with van der Waals surface area (Å²) in [5.74, 6) is -1.42. The van der Waals surface area contributed by atoms with Crippen molar-refractivity contribution in [2.45, 2.75) is 25.3 Å². The van der Waals surface area contributed by atoms with Crippen LogP contribution in [0.1, 0.15) is 24.4 Å². The van der Waals surface area contributed by atoms with Gasteiger partial charge in [-0.1, -0.05) is 0 Å². The maximum Gasteiger partial charge on any atom is 0.322 e. The first-order chi connectivity index (χ1) is 14.8. The van der Waals surface area contributed by atoms with Crippen LogP contribution in [0.4, 0.5) is 19.3 Å². The number of halogens is 2. The number of piperazine rings is 1.